The third kappa shape index (κ3) is 3.66. The standard InChI is InChI=1S/C17H21N3O2S.ClH/c1-22-13-4-5-14-15(9-13)23-17(19-14)20-16(21)8-10-6-11-2-3-12(7-10)18-11;/h4-5,9-12,18H,2-3,6-8H2,1H3,(H,19,20,21);1H. The molecule has 130 valence electrons. The Kier molecular flexibility index (Phi) is 5.27. The van der Waals surface area contributed by atoms with Gasteiger partial charge in [0, 0.05) is 18.5 Å². The van der Waals surface area contributed by atoms with E-state index >= 15 is 0 Å². The molecule has 2 fully saturated rings. The van der Waals surface area contributed by atoms with Crippen molar-refractivity contribution in [3.8, 4) is 5.75 Å². The summed E-state index contributed by atoms with van der Waals surface area (Å²) in [5.74, 6) is 1.40. The van der Waals surface area contributed by atoms with Crippen LogP contribution in [0.5, 0.6) is 5.75 Å². The van der Waals surface area contributed by atoms with E-state index < -0.39 is 0 Å². The highest BCUT2D eigenvalue weighted by atomic mass is 35.5. The van der Waals surface area contributed by atoms with Crippen molar-refractivity contribution in [3.63, 3.8) is 0 Å². The first kappa shape index (κ1) is 17.5. The number of carbonyl (C=O) groups is 1. The highest BCUT2D eigenvalue weighted by Gasteiger charge is 2.34. The number of hydrogen-bond donors (Lipinski definition) is 2. The van der Waals surface area contributed by atoms with E-state index in [4.69, 9.17) is 4.74 Å². The summed E-state index contributed by atoms with van der Waals surface area (Å²) in [4.78, 5) is 16.8. The first-order valence-electron chi connectivity index (χ1n) is 8.20. The van der Waals surface area contributed by atoms with Crippen molar-refractivity contribution >= 4 is 45.0 Å². The van der Waals surface area contributed by atoms with E-state index in [2.05, 4.69) is 15.6 Å². The second-order valence-corrected chi connectivity index (χ2v) is 7.61. The maximum atomic E-state index is 12.3. The van der Waals surface area contributed by atoms with Crippen molar-refractivity contribution in [2.24, 2.45) is 5.92 Å². The van der Waals surface area contributed by atoms with Gasteiger partial charge in [0.05, 0.1) is 17.3 Å². The number of anilines is 1. The van der Waals surface area contributed by atoms with Gasteiger partial charge < -0.3 is 15.4 Å². The van der Waals surface area contributed by atoms with Crippen molar-refractivity contribution in [1.29, 1.82) is 0 Å². The van der Waals surface area contributed by atoms with Crippen LogP contribution in [0.1, 0.15) is 32.1 Å². The Bertz CT molecular complexity index is 724. The van der Waals surface area contributed by atoms with E-state index in [0.717, 1.165) is 28.8 Å². The number of aromatic nitrogens is 1. The Labute approximate surface area is 151 Å². The summed E-state index contributed by atoms with van der Waals surface area (Å²) in [6.07, 6.45) is 5.39. The van der Waals surface area contributed by atoms with Gasteiger partial charge >= 0.3 is 0 Å². The summed E-state index contributed by atoms with van der Waals surface area (Å²) < 4.78 is 6.25. The number of thiazole rings is 1. The molecule has 1 aromatic heterocycles. The molecule has 24 heavy (non-hydrogen) atoms. The molecule has 0 aliphatic carbocycles. The molecule has 5 nitrogen and oxygen atoms in total. The molecule has 0 spiro atoms. The van der Waals surface area contributed by atoms with Crippen molar-refractivity contribution in [1.82, 2.24) is 10.3 Å². The maximum Gasteiger partial charge on any atom is 0.226 e. The lowest BCUT2D eigenvalue weighted by molar-refractivity contribution is -0.117. The predicted molar refractivity (Wildman–Crippen MR) is 99.3 cm³/mol. The van der Waals surface area contributed by atoms with Gasteiger partial charge in [-0.1, -0.05) is 11.3 Å². The van der Waals surface area contributed by atoms with Crippen LogP contribution in [0, 0.1) is 5.92 Å². The van der Waals surface area contributed by atoms with E-state index in [9.17, 15) is 4.79 Å². The van der Waals surface area contributed by atoms with Crippen molar-refractivity contribution < 1.29 is 9.53 Å². The summed E-state index contributed by atoms with van der Waals surface area (Å²) in [5.41, 5.74) is 0.894. The summed E-state index contributed by atoms with van der Waals surface area (Å²) in [6.45, 7) is 0. The molecule has 3 heterocycles. The lowest BCUT2D eigenvalue weighted by atomic mass is 9.89. The van der Waals surface area contributed by atoms with Gasteiger partial charge in [0.2, 0.25) is 5.91 Å². The Morgan fingerprint density at radius 1 is 1.38 bits per heavy atom. The maximum absolute atomic E-state index is 12.3. The van der Waals surface area contributed by atoms with Crippen LogP contribution in [0.4, 0.5) is 5.13 Å². The molecule has 2 bridgehead atoms. The molecular weight excluding hydrogens is 346 g/mol. The van der Waals surface area contributed by atoms with Crippen LogP contribution in [0.3, 0.4) is 0 Å². The van der Waals surface area contributed by atoms with Crippen LogP contribution in [0.25, 0.3) is 10.2 Å². The Morgan fingerprint density at radius 2 is 2.12 bits per heavy atom. The van der Waals surface area contributed by atoms with Crippen LogP contribution in [-0.4, -0.2) is 30.1 Å². The molecule has 2 aromatic rings. The number of nitrogens with zero attached hydrogens (tertiary/aromatic N) is 1. The molecule has 2 saturated heterocycles. The zero-order chi connectivity index (χ0) is 15.8. The third-order valence-electron chi connectivity index (χ3n) is 4.89. The molecule has 2 atom stereocenters. The molecule has 7 heteroatoms. The van der Waals surface area contributed by atoms with Gasteiger partial charge in [0.15, 0.2) is 5.13 Å². The van der Waals surface area contributed by atoms with Crippen LogP contribution in [-0.2, 0) is 4.79 Å². The molecule has 2 unspecified atom stereocenters. The van der Waals surface area contributed by atoms with Gasteiger partial charge in [0.1, 0.15) is 5.75 Å². The minimum absolute atomic E-state index is 0. The van der Waals surface area contributed by atoms with Gasteiger partial charge in [-0.2, -0.15) is 0 Å². The SMILES string of the molecule is COc1ccc2nc(NC(=O)CC3CC4CCC(C3)N4)sc2c1.Cl. The molecule has 2 aliphatic heterocycles. The number of methoxy groups -OCH3 is 1. The van der Waals surface area contributed by atoms with E-state index in [1.807, 2.05) is 18.2 Å². The second kappa shape index (κ2) is 7.25. The van der Waals surface area contributed by atoms with Gasteiger partial charge in [-0.15, -0.1) is 12.4 Å². The monoisotopic (exact) mass is 367 g/mol. The second-order valence-electron chi connectivity index (χ2n) is 6.58. The first-order chi connectivity index (χ1) is 11.2. The van der Waals surface area contributed by atoms with Gasteiger partial charge in [-0.3, -0.25) is 4.79 Å². The number of rotatable bonds is 4. The van der Waals surface area contributed by atoms with Crippen molar-refractivity contribution in [2.75, 3.05) is 12.4 Å². The number of halogens is 1. The van der Waals surface area contributed by atoms with Crippen LogP contribution >= 0.6 is 23.7 Å². The number of ether oxygens (including phenoxy) is 1. The average Bonchev–Trinajstić information content (AvgIpc) is 3.08. The number of nitrogens with one attached hydrogen (secondary N) is 2. The largest absolute Gasteiger partial charge is 0.497 e. The molecule has 0 saturated carbocycles. The van der Waals surface area contributed by atoms with E-state index in [1.54, 1.807) is 7.11 Å². The minimum Gasteiger partial charge on any atom is -0.497 e. The van der Waals surface area contributed by atoms with E-state index in [1.165, 1.54) is 24.2 Å². The number of benzene rings is 1. The first-order valence-corrected chi connectivity index (χ1v) is 9.02. The third-order valence-corrected chi connectivity index (χ3v) is 5.82. The molecule has 0 radical (unpaired) electrons. The van der Waals surface area contributed by atoms with E-state index in [0.29, 0.717) is 29.6 Å². The van der Waals surface area contributed by atoms with Gasteiger partial charge in [0.25, 0.3) is 0 Å². The molecular formula is C17H22ClN3O2S. The number of carbonyl (C=O) groups excluding carboxylic acids is 1. The minimum atomic E-state index is 0. The van der Waals surface area contributed by atoms with Gasteiger partial charge in [-0.25, -0.2) is 4.98 Å². The zero-order valence-corrected chi connectivity index (χ0v) is 15.2. The molecule has 4 rings (SSSR count). The predicted octanol–water partition coefficient (Wildman–Crippen LogP) is 3.59. The zero-order valence-electron chi connectivity index (χ0n) is 13.6. The highest BCUT2D eigenvalue weighted by Crippen LogP contribution is 2.33. The fourth-order valence-electron chi connectivity index (χ4n) is 3.86. The summed E-state index contributed by atoms with van der Waals surface area (Å²) in [6, 6.07) is 7.01. The lowest BCUT2D eigenvalue weighted by Crippen LogP contribution is -2.39. The Balaban J connectivity index is 0.00000169. The molecule has 1 amide bonds. The molecule has 2 aliphatic rings. The van der Waals surface area contributed by atoms with Crippen LogP contribution in [0.15, 0.2) is 18.2 Å². The van der Waals surface area contributed by atoms with Crippen LogP contribution < -0.4 is 15.4 Å². The fraction of sp³-hybridized carbons (Fsp3) is 0.529. The average molecular weight is 368 g/mol. The summed E-state index contributed by atoms with van der Waals surface area (Å²) in [7, 11) is 1.65. The van der Waals surface area contributed by atoms with Crippen molar-refractivity contribution in [2.45, 2.75) is 44.2 Å². The summed E-state index contributed by atoms with van der Waals surface area (Å²) >= 11 is 1.50. The molecule has 2 N–H and O–H groups in total. The molecule has 1 aromatic carbocycles. The summed E-state index contributed by atoms with van der Waals surface area (Å²) in [5, 5.41) is 7.27. The van der Waals surface area contributed by atoms with Crippen molar-refractivity contribution in [3.05, 3.63) is 18.2 Å². The number of piperidine rings is 1. The van der Waals surface area contributed by atoms with Gasteiger partial charge in [-0.05, 0) is 49.8 Å². The smallest absolute Gasteiger partial charge is 0.226 e. The van der Waals surface area contributed by atoms with Crippen LogP contribution in [0.2, 0.25) is 0 Å². The lowest BCUT2D eigenvalue weighted by Gasteiger charge is -2.28. The fourth-order valence-corrected chi connectivity index (χ4v) is 4.77. The Hall–Kier alpha value is -1.37. The normalized spacial score (nSPS) is 25.3. The topological polar surface area (TPSA) is 63.2 Å². The quantitative estimate of drug-likeness (QED) is 0.866. The number of hydrogen-bond acceptors (Lipinski definition) is 5. The number of fused-ring (bicyclic) bond motifs is 3. The number of amides is 1. The highest BCUT2D eigenvalue weighted by molar-refractivity contribution is 7.22. The van der Waals surface area contributed by atoms with E-state index in [-0.39, 0.29) is 18.3 Å². The Morgan fingerprint density at radius 3 is 2.83 bits per heavy atom.